The van der Waals surface area contributed by atoms with Crippen molar-refractivity contribution >= 4 is 11.6 Å². The minimum absolute atomic E-state index is 0.220. The van der Waals surface area contributed by atoms with Crippen LogP contribution in [-0.4, -0.2) is 34.4 Å². The quantitative estimate of drug-likeness (QED) is 0.905. The number of carbonyl (C=O) groups excluding carboxylic acids is 1. The number of carbonyl (C=O) groups is 1. The Balaban J connectivity index is 1.56. The van der Waals surface area contributed by atoms with Crippen molar-refractivity contribution in [3.8, 4) is 0 Å². The lowest BCUT2D eigenvalue weighted by atomic mass is 9.99. The Morgan fingerprint density at radius 2 is 2.23 bits per heavy atom. The third-order valence-electron chi connectivity index (χ3n) is 4.06. The van der Waals surface area contributed by atoms with Crippen molar-refractivity contribution < 1.29 is 4.79 Å². The molecule has 6 heteroatoms. The van der Waals surface area contributed by atoms with Crippen LogP contribution in [0.2, 0.25) is 0 Å². The van der Waals surface area contributed by atoms with Gasteiger partial charge < -0.3 is 10.2 Å². The van der Waals surface area contributed by atoms with Crippen molar-refractivity contribution in [1.82, 2.24) is 20.7 Å². The number of aromatic amines is 1. The number of nitrogens with one attached hydrogen (secondary N) is 2. The highest BCUT2D eigenvalue weighted by molar-refractivity contribution is 5.91. The van der Waals surface area contributed by atoms with E-state index in [1.807, 2.05) is 0 Å². The van der Waals surface area contributed by atoms with Crippen LogP contribution in [-0.2, 0) is 6.54 Å². The van der Waals surface area contributed by atoms with Gasteiger partial charge in [-0.05, 0) is 36.5 Å². The smallest absolute Gasteiger partial charge is 0.273 e. The molecule has 1 aliphatic rings. The molecule has 1 fully saturated rings. The first-order valence-electron chi connectivity index (χ1n) is 7.70. The highest BCUT2D eigenvalue weighted by atomic mass is 16.1. The van der Waals surface area contributed by atoms with E-state index in [0.29, 0.717) is 12.2 Å². The fraction of sp³-hybridized carbons (Fsp3) is 0.438. The first kappa shape index (κ1) is 14.6. The van der Waals surface area contributed by atoms with Gasteiger partial charge in [0.05, 0.1) is 6.20 Å². The Hall–Kier alpha value is -2.37. The van der Waals surface area contributed by atoms with Crippen molar-refractivity contribution in [2.24, 2.45) is 5.92 Å². The molecule has 1 aromatic heterocycles. The van der Waals surface area contributed by atoms with Crippen molar-refractivity contribution in [1.29, 1.82) is 0 Å². The van der Waals surface area contributed by atoms with E-state index in [2.05, 4.69) is 56.8 Å². The SMILES string of the molecule is C[C@H]1CCCN(c2ccc(CNC(=O)c3cn[nH]n3)cc2)C1. The lowest BCUT2D eigenvalue weighted by molar-refractivity contribution is 0.0946. The van der Waals surface area contributed by atoms with Crippen LogP contribution < -0.4 is 10.2 Å². The molecule has 2 heterocycles. The minimum atomic E-state index is -0.220. The zero-order valence-corrected chi connectivity index (χ0v) is 12.7. The summed E-state index contributed by atoms with van der Waals surface area (Å²) >= 11 is 0. The monoisotopic (exact) mass is 299 g/mol. The predicted octanol–water partition coefficient (Wildman–Crippen LogP) is 1.97. The van der Waals surface area contributed by atoms with Crippen LogP contribution in [0.4, 0.5) is 5.69 Å². The van der Waals surface area contributed by atoms with Crippen molar-refractivity contribution in [3.63, 3.8) is 0 Å². The summed E-state index contributed by atoms with van der Waals surface area (Å²) in [6, 6.07) is 8.40. The summed E-state index contributed by atoms with van der Waals surface area (Å²) < 4.78 is 0. The molecular weight excluding hydrogens is 278 g/mol. The number of anilines is 1. The van der Waals surface area contributed by atoms with E-state index in [4.69, 9.17) is 0 Å². The summed E-state index contributed by atoms with van der Waals surface area (Å²) in [6.45, 7) is 5.05. The van der Waals surface area contributed by atoms with Gasteiger partial charge in [-0.15, -0.1) is 0 Å². The number of piperidine rings is 1. The van der Waals surface area contributed by atoms with Gasteiger partial charge in [0.25, 0.3) is 5.91 Å². The molecule has 1 aliphatic heterocycles. The number of hydrogen-bond acceptors (Lipinski definition) is 4. The van der Waals surface area contributed by atoms with Crippen LogP contribution in [0.3, 0.4) is 0 Å². The Morgan fingerprint density at radius 3 is 2.91 bits per heavy atom. The fourth-order valence-electron chi connectivity index (χ4n) is 2.83. The summed E-state index contributed by atoms with van der Waals surface area (Å²) in [4.78, 5) is 14.2. The van der Waals surface area contributed by atoms with Gasteiger partial charge in [-0.3, -0.25) is 4.79 Å². The van der Waals surface area contributed by atoms with Crippen LogP contribution in [0.15, 0.2) is 30.5 Å². The van der Waals surface area contributed by atoms with E-state index in [0.717, 1.165) is 24.6 Å². The normalized spacial score (nSPS) is 18.2. The highest BCUT2D eigenvalue weighted by Gasteiger charge is 2.16. The third kappa shape index (κ3) is 3.44. The maximum Gasteiger partial charge on any atom is 0.273 e. The maximum atomic E-state index is 11.8. The van der Waals surface area contributed by atoms with E-state index >= 15 is 0 Å². The molecule has 0 radical (unpaired) electrons. The van der Waals surface area contributed by atoms with Gasteiger partial charge in [-0.2, -0.15) is 15.4 Å². The molecule has 1 amide bonds. The topological polar surface area (TPSA) is 73.9 Å². The molecule has 0 aliphatic carbocycles. The standard InChI is InChI=1S/C16H21N5O/c1-12-3-2-8-21(11-12)14-6-4-13(5-7-14)9-17-16(22)15-10-18-20-19-15/h4-7,10,12H,2-3,8-9,11H2,1H3,(H,17,22)(H,18,19,20)/t12-/m0/s1. The van der Waals surface area contributed by atoms with Crippen molar-refractivity contribution in [2.75, 3.05) is 18.0 Å². The second kappa shape index (κ2) is 6.60. The highest BCUT2D eigenvalue weighted by Crippen LogP contribution is 2.23. The van der Waals surface area contributed by atoms with Crippen molar-refractivity contribution in [3.05, 3.63) is 41.7 Å². The Bertz CT molecular complexity index is 608. The largest absolute Gasteiger partial charge is 0.371 e. The molecule has 0 unspecified atom stereocenters. The number of aromatic nitrogens is 3. The molecule has 1 aromatic carbocycles. The lowest BCUT2D eigenvalue weighted by Gasteiger charge is -2.32. The molecule has 22 heavy (non-hydrogen) atoms. The van der Waals surface area contributed by atoms with Gasteiger partial charge in [0.15, 0.2) is 5.69 Å². The molecule has 1 saturated heterocycles. The Labute approximate surface area is 129 Å². The Kier molecular flexibility index (Phi) is 4.37. The number of nitrogens with zero attached hydrogens (tertiary/aromatic N) is 3. The number of rotatable bonds is 4. The molecule has 0 saturated carbocycles. The molecule has 0 bridgehead atoms. The zero-order valence-electron chi connectivity index (χ0n) is 12.7. The predicted molar refractivity (Wildman–Crippen MR) is 84.6 cm³/mol. The first-order valence-corrected chi connectivity index (χ1v) is 7.70. The summed E-state index contributed by atoms with van der Waals surface area (Å²) in [5.41, 5.74) is 2.64. The van der Waals surface area contributed by atoms with Crippen LogP contribution in [0, 0.1) is 5.92 Å². The number of benzene rings is 1. The average Bonchev–Trinajstić information content (AvgIpc) is 3.08. The van der Waals surface area contributed by atoms with E-state index in [1.165, 1.54) is 24.7 Å². The molecule has 0 spiro atoms. The molecule has 1 atom stereocenters. The van der Waals surface area contributed by atoms with Gasteiger partial charge in [-0.25, -0.2) is 0 Å². The van der Waals surface area contributed by atoms with Gasteiger partial charge in [0.1, 0.15) is 0 Å². The number of H-pyrrole nitrogens is 1. The van der Waals surface area contributed by atoms with Gasteiger partial charge >= 0.3 is 0 Å². The second-order valence-corrected chi connectivity index (χ2v) is 5.90. The zero-order chi connectivity index (χ0) is 15.4. The molecule has 6 nitrogen and oxygen atoms in total. The first-order chi connectivity index (χ1) is 10.7. The Morgan fingerprint density at radius 1 is 1.41 bits per heavy atom. The molecular formula is C16H21N5O. The van der Waals surface area contributed by atoms with Gasteiger partial charge in [0, 0.05) is 25.3 Å². The molecule has 116 valence electrons. The van der Waals surface area contributed by atoms with Crippen LogP contribution in [0.25, 0.3) is 0 Å². The van der Waals surface area contributed by atoms with Crippen LogP contribution >= 0.6 is 0 Å². The lowest BCUT2D eigenvalue weighted by Crippen LogP contribution is -2.34. The number of hydrogen-bond donors (Lipinski definition) is 2. The summed E-state index contributed by atoms with van der Waals surface area (Å²) in [7, 11) is 0. The molecule has 2 N–H and O–H groups in total. The molecule has 3 rings (SSSR count). The van der Waals surface area contributed by atoms with Crippen LogP contribution in [0.5, 0.6) is 0 Å². The van der Waals surface area contributed by atoms with Gasteiger partial charge in [0.2, 0.25) is 0 Å². The summed E-state index contributed by atoms with van der Waals surface area (Å²) in [6.07, 6.45) is 4.00. The maximum absolute atomic E-state index is 11.8. The minimum Gasteiger partial charge on any atom is -0.371 e. The summed E-state index contributed by atoms with van der Waals surface area (Å²) in [5, 5.41) is 12.6. The third-order valence-corrected chi connectivity index (χ3v) is 4.06. The fourth-order valence-corrected chi connectivity index (χ4v) is 2.83. The average molecular weight is 299 g/mol. The van der Waals surface area contributed by atoms with E-state index < -0.39 is 0 Å². The van der Waals surface area contributed by atoms with Crippen molar-refractivity contribution in [2.45, 2.75) is 26.3 Å². The van der Waals surface area contributed by atoms with Crippen LogP contribution in [0.1, 0.15) is 35.8 Å². The molecule has 2 aromatic rings. The van der Waals surface area contributed by atoms with Gasteiger partial charge in [-0.1, -0.05) is 19.1 Å². The van der Waals surface area contributed by atoms with E-state index in [-0.39, 0.29) is 5.91 Å². The summed E-state index contributed by atoms with van der Waals surface area (Å²) in [5.74, 6) is 0.540. The van der Waals surface area contributed by atoms with E-state index in [1.54, 1.807) is 0 Å². The second-order valence-electron chi connectivity index (χ2n) is 5.90. The van der Waals surface area contributed by atoms with E-state index in [9.17, 15) is 4.79 Å². The number of amides is 1.